The molecule has 0 bridgehead atoms. The van der Waals surface area contributed by atoms with Crippen LogP contribution in [0.1, 0.15) is 12.5 Å². The number of para-hydroxylation sites is 1. The van der Waals surface area contributed by atoms with E-state index >= 15 is 0 Å². The van der Waals surface area contributed by atoms with Crippen LogP contribution in [0.15, 0.2) is 41.4 Å². The Morgan fingerprint density at radius 1 is 1.13 bits per heavy atom. The number of alkyl halides is 2. The van der Waals surface area contributed by atoms with Gasteiger partial charge in [-0.05, 0) is 25.1 Å². The van der Waals surface area contributed by atoms with Gasteiger partial charge in [-0.15, -0.1) is 0 Å². The number of aliphatic imine (C=N–C) groups is 1. The smallest absolute Gasteiger partial charge is 0.387 e. The zero-order valence-electron chi connectivity index (χ0n) is 17.3. The molecule has 0 saturated carbocycles. The van der Waals surface area contributed by atoms with E-state index in [0.717, 1.165) is 0 Å². The maximum Gasteiger partial charge on any atom is 0.387 e. The van der Waals surface area contributed by atoms with Crippen LogP contribution in [-0.2, 0) is 6.54 Å². The first-order valence-electron chi connectivity index (χ1n) is 9.77. The Labute approximate surface area is 179 Å². The Morgan fingerprint density at radius 2 is 1.97 bits per heavy atom. The Kier molecular flexibility index (Phi) is 7.97. The van der Waals surface area contributed by atoms with Crippen LogP contribution < -0.4 is 34.3 Å². The molecule has 0 saturated heterocycles. The first kappa shape index (κ1) is 22.3. The second kappa shape index (κ2) is 11.1. The third kappa shape index (κ3) is 6.27. The van der Waals surface area contributed by atoms with E-state index in [1.165, 1.54) is 0 Å². The van der Waals surface area contributed by atoms with Crippen LogP contribution in [-0.4, -0.2) is 46.2 Å². The molecule has 0 radical (unpaired) electrons. The Balaban J connectivity index is 1.49. The molecule has 1 heterocycles. The number of ether oxygens (including phenoxy) is 5. The summed E-state index contributed by atoms with van der Waals surface area (Å²) in [4.78, 5) is 4.13. The summed E-state index contributed by atoms with van der Waals surface area (Å²) in [5, 5.41) is 6.17. The van der Waals surface area contributed by atoms with Crippen molar-refractivity contribution < 1.29 is 32.5 Å². The van der Waals surface area contributed by atoms with Gasteiger partial charge in [0.1, 0.15) is 12.4 Å². The van der Waals surface area contributed by atoms with Crippen LogP contribution in [0.2, 0.25) is 0 Å². The molecular formula is C21H25F2N3O5. The van der Waals surface area contributed by atoms with E-state index in [1.807, 2.05) is 0 Å². The molecule has 1 aliphatic heterocycles. The van der Waals surface area contributed by atoms with E-state index < -0.39 is 6.61 Å². The van der Waals surface area contributed by atoms with E-state index in [-0.39, 0.29) is 24.8 Å². The highest BCUT2D eigenvalue weighted by molar-refractivity contribution is 5.79. The van der Waals surface area contributed by atoms with Crippen molar-refractivity contribution in [2.75, 3.05) is 33.6 Å². The molecule has 0 amide bonds. The van der Waals surface area contributed by atoms with Crippen molar-refractivity contribution in [3.05, 3.63) is 42.0 Å². The number of halogens is 2. The SMILES string of the molecule is CCOc1cccc(CNC(=NC)NCCOc2ccc3c(c2)OCO3)c1OC(F)F. The summed E-state index contributed by atoms with van der Waals surface area (Å²) in [6, 6.07) is 10.4. The molecule has 0 fully saturated rings. The Morgan fingerprint density at radius 3 is 2.74 bits per heavy atom. The largest absolute Gasteiger partial charge is 0.492 e. The predicted molar refractivity (Wildman–Crippen MR) is 111 cm³/mol. The minimum absolute atomic E-state index is 0.00782. The molecule has 2 N–H and O–H groups in total. The minimum atomic E-state index is -2.95. The maximum absolute atomic E-state index is 12.8. The fourth-order valence-electron chi connectivity index (χ4n) is 2.90. The monoisotopic (exact) mass is 437 g/mol. The van der Waals surface area contributed by atoms with Gasteiger partial charge >= 0.3 is 6.61 Å². The molecule has 2 aromatic carbocycles. The highest BCUT2D eigenvalue weighted by Crippen LogP contribution is 2.35. The van der Waals surface area contributed by atoms with Crippen LogP contribution >= 0.6 is 0 Å². The number of hydrogen-bond donors (Lipinski definition) is 2. The lowest BCUT2D eigenvalue weighted by atomic mass is 10.2. The molecule has 2 aromatic rings. The lowest BCUT2D eigenvalue weighted by Gasteiger charge is -2.17. The first-order valence-corrected chi connectivity index (χ1v) is 9.77. The highest BCUT2D eigenvalue weighted by Gasteiger charge is 2.16. The molecule has 0 aliphatic carbocycles. The molecule has 31 heavy (non-hydrogen) atoms. The summed E-state index contributed by atoms with van der Waals surface area (Å²) in [6.45, 7) is 0.419. The van der Waals surface area contributed by atoms with Crippen LogP contribution in [0.3, 0.4) is 0 Å². The van der Waals surface area contributed by atoms with E-state index in [2.05, 4.69) is 20.4 Å². The van der Waals surface area contributed by atoms with Gasteiger partial charge in [0, 0.05) is 25.2 Å². The van der Waals surface area contributed by atoms with Gasteiger partial charge in [-0.2, -0.15) is 8.78 Å². The van der Waals surface area contributed by atoms with Crippen molar-refractivity contribution in [2.45, 2.75) is 20.1 Å². The van der Waals surface area contributed by atoms with Crippen molar-refractivity contribution in [3.63, 3.8) is 0 Å². The number of fused-ring (bicyclic) bond motifs is 1. The summed E-state index contributed by atoms with van der Waals surface area (Å²) >= 11 is 0. The topological polar surface area (TPSA) is 82.6 Å². The van der Waals surface area contributed by atoms with Crippen molar-refractivity contribution in [2.24, 2.45) is 4.99 Å². The molecule has 8 nitrogen and oxygen atoms in total. The number of nitrogens with zero attached hydrogens (tertiary/aromatic N) is 1. The van der Waals surface area contributed by atoms with Gasteiger partial charge in [0.25, 0.3) is 0 Å². The summed E-state index contributed by atoms with van der Waals surface area (Å²) in [6.07, 6.45) is 0. The van der Waals surface area contributed by atoms with E-state index in [1.54, 1.807) is 50.4 Å². The van der Waals surface area contributed by atoms with Gasteiger partial charge in [-0.1, -0.05) is 12.1 Å². The summed E-state index contributed by atoms with van der Waals surface area (Å²) in [5.74, 6) is 2.77. The van der Waals surface area contributed by atoms with Gasteiger partial charge in [0.05, 0.1) is 13.2 Å². The molecule has 1 aliphatic rings. The first-order chi connectivity index (χ1) is 15.1. The molecular weight excluding hydrogens is 412 g/mol. The number of nitrogens with one attached hydrogen (secondary N) is 2. The fraction of sp³-hybridized carbons (Fsp3) is 0.381. The number of guanidine groups is 1. The Bertz CT molecular complexity index is 895. The van der Waals surface area contributed by atoms with Gasteiger partial charge in [-0.25, -0.2) is 0 Å². The third-order valence-electron chi connectivity index (χ3n) is 4.24. The molecule has 0 spiro atoms. The summed E-state index contributed by atoms with van der Waals surface area (Å²) in [7, 11) is 1.61. The third-order valence-corrected chi connectivity index (χ3v) is 4.24. The highest BCUT2D eigenvalue weighted by atomic mass is 19.3. The van der Waals surface area contributed by atoms with Crippen LogP contribution in [0.4, 0.5) is 8.78 Å². The van der Waals surface area contributed by atoms with Crippen LogP contribution in [0.25, 0.3) is 0 Å². The molecule has 3 rings (SSSR count). The zero-order chi connectivity index (χ0) is 22.1. The van der Waals surface area contributed by atoms with Gasteiger partial charge in [0.2, 0.25) is 6.79 Å². The predicted octanol–water partition coefficient (Wildman–Crippen LogP) is 3.16. The lowest BCUT2D eigenvalue weighted by molar-refractivity contribution is -0.0520. The van der Waals surface area contributed by atoms with Crippen molar-refractivity contribution in [1.29, 1.82) is 0 Å². The van der Waals surface area contributed by atoms with Gasteiger partial charge in [0.15, 0.2) is 29.0 Å². The summed E-state index contributed by atoms with van der Waals surface area (Å²) < 4.78 is 52.0. The molecule has 168 valence electrons. The molecule has 10 heteroatoms. The van der Waals surface area contributed by atoms with E-state index in [0.29, 0.717) is 48.5 Å². The number of benzene rings is 2. The molecule has 0 unspecified atom stereocenters. The maximum atomic E-state index is 12.8. The van der Waals surface area contributed by atoms with Crippen molar-refractivity contribution in [1.82, 2.24) is 10.6 Å². The normalized spacial score (nSPS) is 12.6. The number of rotatable bonds is 10. The van der Waals surface area contributed by atoms with E-state index in [4.69, 9.17) is 18.9 Å². The average molecular weight is 437 g/mol. The standard InChI is InChI=1S/C21H25F2N3O5/c1-3-27-17-6-4-5-14(19(17)31-20(22)23)12-26-21(24-2)25-9-10-28-15-7-8-16-18(11-15)30-13-29-16/h4-8,11,20H,3,9-10,12-13H2,1-2H3,(H2,24,25,26). The Hall–Kier alpha value is -3.43. The lowest BCUT2D eigenvalue weighted by Crippen LogP contribution is -2.39. The van der Waals surface area contributed by atoms with Gasteiger partial charge < -0.3 is 34.3 Å². The fourth-order valence-corrected chi connectivity index (χ4v) is 2.90. The summed E-state index contributed by atoms with van der Waals surface area (Å²) in [5.41, 5.74) is 0.519. The second-order valence-corrected chi connectivity index (χ2v) is 6.27. The van der Waals surface area contributed by atoms with Crippen LogP contribution in [0.5, 0.6) is 28.7 Å². The van der Waals surface area contributed by atoms with E-state index in [9.17, 15) is 8.78 Å². The molecule has 0 atom stereocenters. The van der Waals surface area contributed by atoms with Crippen molar-refractivity contribution >= 4 is 5.96 Å². The zero-order valence-corrected chi connectivity index (χ0v) is 17.3. The second-order valence-electron chi connectivity index (χ2n) is 6.27. The van der Waals surface area contributed by atoms with Crippen LogP contribution in [0, 0.1) is 0 Å². The quantitative estimate of drug-likeness (QED) is 0.336. The number of hydrogen-bond acceptors (Lipinski definition) is 6. The average Bonchev–Trinajstić information content (AvgIpc) is 3.23. The van der Waals surface area contributed by atoms with Gasteiger partial charge in [-0.3, -0.25) is 4.99 Å². The van der Waals surface area contributed by atoms with Crippen molar-refractivity contribution in [3.8, 4) is 28.7 Å². The minimum Gasteiger partial charge on any atom is -0.492 e. The molecule has 0 aromatic heterocycles.